The van der Waals surface area contributed by atoms with Crippen LogP contribution >= 0.6 is 11.6 Å². The van der Waals surface area contributed by atoms with Crippen molar-refractivity contribution in [1.82, 2.24) is 9.80 Å². The lowest BCUT2D eigenvalue weighted by Crippen LogP contribution is -2.50. The van der Waals surface area contributed by atoms with Gasteiger partial charge >= 0.3 is 6.09 Å². The minimum absolute atomic E-state index is 0.0406. The number of nitrogens with zero attached hydrogens (tertiary/aromatic N) is 2. The summed E-state index contributed by atoms with van der Waals surface area (Å²) in [7, 11) is 1.35. The Labute approximate surface area is 116 Å². The molecular formula is C13H15ClN2O3. The van der Waals surface area contributed by atoms with E-state index in [2.05, 4.69) is 4.74 Å². The predicted molar refractivity (Wildman–Crippen MR) is 71.3 cm³/mol. The number of carbonyl (C=O) groups excluding carboxylic acids is 2. The van der Waals surface area contributed by atoms with Gasteiger partial charge in [0.05, 0.1) is 7.11 Å². The van der Waals surface area contributed by atoms with Crippen LogP contribution < -0.4 is 0 Å². The molecule has 1 heterocycles. The van der Waals surface area contributed by atoms with Gasteiger partial charge in [-0.05, 0) is 24.3 Å². The lowest BCUT2D eigenvalue weighted by molar-refractivity contribution is 0.0599. The van der Waals surface area contributed by atoms with Crippen molar-refractivity contribution in [2.45, 2.75) is 0 Å². The molecule has 1 aromatic rings. The summed E-state index contributed by atoms with van der Waals surface area (Å²) in [5.41, 5.74) is 0.607. The topological polar surface area (TPSA) is 49.9 Å². The first kappa shape index (κ1) is 13.7. The molecule has 0 aliphatic carbocycles. The molecule has 6 heteroatoms. The van der Waals surface area contributed by atoms with Crippen molar-refractivity contribution in [3.63, 3.8) is 0 Å². The predicted octanol–water partition coefficient (Wildman–Crippen LogP) is 1.86. The van der Waals surface area contributed by atoms with Crippen molar-refractivity contribution in [3.05, 3.63) is 34.9 Å². The maximum absolute atomic E-state index is 12.2. The standard InChI is InChI=1S/C13H15ClN2O3/c1-19-13(18)16-8-6-15(7-9-16)12(17)10-2-4-11(14)5-3-10/h2-5H,6-9H2,1H3. The molecule has 102 valence electrons. The van der Waals surface area contributed by atoms with E-state index in [-0.39, 0.29) is 12.0 Å². The molecule has 0 spiro atoms. The highest BCUT2D eigenvalue weighted by Gasteiger charge is 2.24. The summed E-state index contributed by atoms with van der Waals surface area (Å²) >= 11 is 5.79. The first-order valence-electron chi connectivity index (χ1n) is 5.99. The van der Waals surface area contributed by atoms with E-state index in [1.807, 2.05) is 0 Å². The number of amides is 2. The van der Waals surface area contributed by atoms with Gasteiger partial charge in [-0.2, -0.15) is 0 Å². The number of methoxy groups -OCH3 is 1. The van der Waals surface area contributed by atoms with Crippen molar-refractivity contribution < 1.29 is 14.3 Å². The van der Waals surface area contributed by atoms with Crippen LogP contribution in [-0.4, -0.2) is 55.1 Å². The summed E-state index contributed by atoms with van der Waals surface area (Å²) in [6, 6.07) is 6.80. The van der Waals surface area contributed by atoms with Gasteiger partial charge in [-0.3, -0.25) is 4.79 Å². The molecule has 2 amide bonds. The number of piperazine rings is 1. The Bertz CT molecular complexity index is 467. The third kappa shape index (κ3) is 3.17. The van der Waals surface area contributed by atoms with Gasteiger partial charge in [0.15, 0.2) is 0 Å². The van der Waals surface area contributed by atoms with E-state index >= 15 is 0 Å². The van der Waals surface area contributed by atoms with Crippen LogP contribution in [0.2, 0.25) is 5.02 Å². The van der Waals surface area contributed by atoms with Crippen molar-refractivity contribution in [3.8, 4) is 0 Å². The molecule has 2 rings (SSSR count). The second-order valence-electron chi connectivity index (χ2n) is 4.26. The molecule has 1 aliphatic heterocycles. The first-order valence-corrected chi connectivity index (χ1v) is 6.37. The molecule has 0 N–H and O–H groups in total. The molecule has 0 atom stereocenters. The van der Waals surface area contributed by atoms with Gasteiger partial charge in [0.25, 0.3) is 5.91 Å². The lowest BCUT2D eigenvalue weighted by Gasteiger charge is -2.33. The van der Waals surface area contributed by atoms with Crippen LogP contribution in [0.1, 0.15) is 10.4 Å². The van der Waals surface area contributed by atoms with Crippen LogP contribution in [0.5, 0.6) is 0 Å². The smallest absolute Gasteiger partial charge is 0.409 e. The van der Waals surface area contributed by atoms with E-state index in [0.29, 0.717) is 36.8 Å². The Hall–Kier alpha value is -1.75. The summed E-state index contributed by atoms with van der Waals surface area (Å²) in [4.78, 5) is 26.9. The van der Waals surface area contributed by atoms with Gasteiger partial charge in [-0.25, -0.2) is 4.79 Å². The maximum atomic E-state index is 12.2. The molecule has 0 saturated carbocycles. The monoisotopic (exact) mass is 282 g/mol. The SMILES string of the molecule is COC(=O)N1CCN(C(=O)c2ccc(Cl)cc2)CC1. The summed E-state index contributed by atoms with van der Waals surface area (Å²) in [6.07, 6.45) is -0.349. The largest absolute Gasteiger partial charge is 0.453 e. The fourth-order valence-electron chi connectivity index (χ4n) is 2.00. The van der Waals surface area contributed by atoms with Crippen LogP contribution in [0, 0.1) is 0 Å². The normalized spacial score (nSPS) is 15.3. The molecule has 5 nitrogen and oxygen atoms in total. The third-order valence-electron chi connectivity index (χ3n) is 3.09. The van der Waals surface area contributed by atoms with Gasteiger partial charge in [0, 0.05) is 36.8 Å². The second kappa shape index (κ2) is 5.93. The highest BCUT2D eigenvalue weighted by atomic mass is 35.5. The molecule has 1 aromatic carbocycles. The van der Waals surface area contributed by atoms with E-state index in [4.69, 9.17) is 11.6 Å². The number of benzene rings is 1. The Kier molecular flexibility index (Phi) is 4.27. The number of carbonyl (C=O) groups is 2. The lowest BCUT2D eigenvalue weighted by atomic mass is 10.2. The quantitative estimate of drug-likeness (QED) is 0.790. The zero-order valence-electron chi connectivity index (χ0n) is 10.6. The number of rotatable bonds is 1. The van der Waals surface area contributed by atoms with E-state index < -0.39 is 0 Å². The van der Waals surface area contributed by atoms with Crippen LogP contribution in [0.15, 0.2) is 24.3 Å². The van der Waals surface area contributed by atoms with Gasteiger partial charge in [0.2, 0.25) is 0 Å². The Morgan fingerprint density at radius 1 is 1.05 bits per heavy atom. The van der Waals surface area contributed by atoms with Crippen molar-refractivity contribution in [2.75, 3.05) is 33.3 Å². The highest BCUT2D eigenvalue weighted by Crippen LogP contribution is 2.13. The number of hydrogen-bond acceptors (Lipinski definition) is 3. The minimum Gasteiger partial charge on any atom is -0.453 e. The average molecular weight is 283 g/mol. The molecule has 0 aromatic heterocycles. The number of halogens is 1. The van der Waals surface area contributed by atoms with E-state index in [1.165, 1.54) is 7.11 Å². The summed E-state index contributed by atoms with van der Waals surface area (Å²) in [6.45, 7) is 2.01. The molecule has 0 radical (unpaired) electrons. The fourth-order valence-corrected chi connectivity index (χ4v) is 2.12. The van der Waals surface area contributed by atoms with Crippen molar-refractivity contribution in [2.24, 2.45) is 0 Å². The minimum atomic E-state index is -0.349. The molecule has 1 aliphatic rings. The summed E-state index contributed by atoms with van der Waals surface area (Å²) < 4.78 is 4.65. The summed E-state index contributed by atoms with van der Waals surface area (Å²) in [5, 5.41) is 0.604. The molecule has 19 heavy (non-hydrogen) atoms. The second-order valence-corrected chi connectivity index (χ2v) is 4.69. The zero-order chi connectivity index (χ0) is 13.8. The molecule has 1 saturated heterocycles. The Balaban J connectivity index is 1.96. The molecule has 1 fully saturated rings. The third-order valence-corrected chi connectivity index (χ3v) is 3.34. The number of ether oxygens (including phenoxy) is 1. The van der Waals surface area contributed by atoms with Gasteiger partial charge in [-0.15, -0.1) is 0 Å². The first-order chi connectivity index (χ1) is 9.11. The molecular weight excluding hydrogens is 268 g/mol. The van der Waals surface area contributed by atoms with Crippen LogP contribution in [0.25, 0.3) is 0 Å². The summed E-state index contributed by atoms with van der Waals surface area (Å²) in [5.74, 6) is -0.0406. The zero-order valence-corrected chi connectivity index (χ0v) is 11.4. The number of hydrogen-bond donors (Lipinski definition) is 0. The Morgan fingerprint density at radius 3 is 2.11 bits per heavy atom. The Morgan fingerprint density at radius 2 is 1.58 bits per heavy atom. The van der Waals surface area contributed by atoms with Crippen molar-refractivity contribution in [1.29, 1.82) is 0 Å². The van der Waals surface area contributed by atoms with E-state index in [1.54, 1.807) is 34.1 Å². The van der Waals surface area contributed by atoms with Crippen molar-refractivity contribution >= 4 is 23.6 Å². The molecule has 0 unspecified atom stereocenters. The highest BCUT2D eigenvalue weighted by molar-refractivity contribution is 6.30. The maximum Gasteiger partial charge on any atom is 0.409 e. The van der Waals surface area contributed by atoms with Gasteiger partial charge in [-0.1, -0.05) is 11.6 Å². The van der Waals surface area contributed by atoms with Crippen LogP contribution in [0.4, 0.5) is 4.79 Å². The van der Waals surface area contributed by atoms with Crippen LogP contribution in [-0.2, 0) is 4.74 Å². The van der Waals surface area contributed by atoms with E-state index in [0.717, 1.165) is 0 Å². The molecule has 0 bridgehead atoms. The fraction of sp³-hybridized carbons (Fsp3) is 0.385. The van der Waals surface area contributed by atoms with Gasteiger partial charge in [0.1, 0.15) is 0 Å². The van der Waals surface area contributed by atoms with Crippen LogP contribution in [0.3, 0.4) is 0 Å². The average Bonchev–Trinajstić information content (AvgIpc) is 2.46. The van der Waals surface area contributed by atoms with Gasteiger partial charge < -0.3 is 14.5 Å². The van der Waals surface area contributed by atoms with E-state index in [9.17, 15) is 9.59 Å².